The Labute approximate surface area is 125 Å². The summed E-state index contributed by atoms with van der Waals surface area (Å²) in [4.78, 5) is 0. The zero-order chi connectivity index (χ0) is 15.3. The molecule has 2 aliphatic rings. The van der Waals surface area contributed by atoms with E-state index in [2.05, 4.69) is 20.3 Å². The van der Waals surface area contributed by atoms with E-state index >= 15 is 0 Å². The molecule has 0 unspecified atom stereocenters. The summed E-state index contributed by atoms with van der Waals surface area (Å²) in [7, 11) is -3.19. The monoisotopic (exact) mass is 300 g/mol. The van der Waals surface area contributed by atoms with Gasteiger partial charge in [-0.1, -0.05) is 13.8 Å². The van der Waals surface area contributed by atoms with Crippen molar-refractivity contribution < 1.29 is 8.42 Å². The summed E-state index contributed by atoms with van der Waals surface area (Å²) in [6, 6.07) is 0.0284. The fourth-order valence-electron chi connectivity index (χ4n) is 4.13. The van der Waals surface area contributed by atoms with Crippen molar-refractivity contribution in [2.75, 3.05) is 6.54 Å². The van der Waals surface area contributed by atoms with Crippen molar-refractivity contribution in [2.24, 2.45) is 16.7 Å². The SMILES string of the molecule is CC(C)N(C[C@]12[CH]C[C@@H](CC1)C2(C)C)S(=O)(=O)C(C)C. The highest BCUT2D eigenvalue weighted by atomic mass is 32.2. The zero-order valence-corrected chi connectivity index (χ0v) is 14.6. The third kappa shape index (κ3) is 2.23. The standard InChI is InChI=1S/C16H30NO2S/c1-12(2)17(20(18,19)13(3)4)11-16-9-7-14(8-10-16)15(16,5)6/h9,12-14H,7-8,10-11H2,1-6H3/t14-,16-/m0/s1. The Bertz CT molecular complexity index is 457. The number of fused-ring (bicyclic) bond motifs is 2. The first-order valence-corrected chi connectivity index (χ1v) is 9.40. The predicted molar refractivity (Wildman–Crippen MR) is 83.8 cm³/mol. The van der Waals surface area contributed by atoms with E-state index < -0.39 is 10.0 Å². The average molecular weight is 300 g/mol. The second-order valence-electron chi connectivity index (χ2n) is 7.79. The van der Waals surface area contributed by atoms with Crippen LogP contribution in [0.25, 0.3) is 0 Å². The molecule has 3 nitrogen and oxygen atoms in total. The lowest BCUT2D eigenvalue weighted by molar-refractivity contribution is 0.116. The lowest BCUT2D eigenvalue weighted by Gasteiger charge is -2.43. The van der Waals surface area contributed by atoms with Gasteiger partial charge in [-0.3, -0.25) is 0 Å². The first kappa shape index (κ1) is 16.3. The van der Waals surface area contributed by atoms with E-state index in [1.54, 1.807) is 18.2 Å². The number of rotatable bonds is 5. The number of hydrogen-bond acceptors (Lipinski definition) is 2. The lowest BCUT2D eigenvalue weighted by Crippen LogP contribution is -2.49. The van der Waals surface area contributed by atoms with E-state index in [1.807, 2.05) is 13.8 Å². The Balaban J connectivity index is 2.31. The van der Waals surface area contributed by atoms with E-state index in [0.717, 1.165) is 18.8 Å². The van der Waals surface area contributed by atoms with Gasteiger partial charge in [-0.05, 0) is 70.1 Å². The molecule has 2 rings (SSSR count). The van der Waals surface area contributed by atoms with Gasteiger partial charge in [-0.2, -0.15) is 4.31 Å². The number of sulfonamides is 1. The molecule has 0 N–H and O–H groups in total. The zero-order valence-electron chi connectivity index (χ0n) is 13.8. The Morgan fingerprint density at radius 1 is 1.25 bits per heavy atom. The smallest absolute Gasteiger partial charge is 0.212 e. The van der Waals surface area contributed by atoms with Crippen LogP contribution in [0.4, 0.5) is 0 Å². The summed E-state index contributed by atoms with van der Waals surface area (Å²) in [5.74, 6) is 0.735. The maximum absolute atomic E-state index is 12.7. The molecule has 2 bridgehead atoms. The average Bonchev–Trinajstić information content (AvgIpc) is 2.72. The molecule has 0 aromatic carbocycles. The quantitative estimate of drug-likeness (QED) is 0.779. The second kappa shape index (κ2) is 4.98. The van der Waals surface area contributed by atoms with Crippen molar-refractivity contribution in [1.82, 2.24) is 4.31 Å². The molecule has 0 heterocycles. The molecule has 2 saturated carbocycles. The van der Waals surface area contributed by atoms with Crippen LogP contribution in [0.15, 0.2) is 0 Å². The number of nitrogens with zero attached hydrogens (tertiary/aromatic N) is 1. The second-order valence-corrected chi connectivity index (χ2v) is 10.2. The van der Waals surface area contributed by atoms with Gasteiger partial charge in [0.25, 0.3) is 0 Å². The van der Waals surface area contributed by atoms with Gasteiger partial charge < -0.3 is 0 Å². The van der Waals surface area contributed by atoms with Crippen LogP contribution in [0.2, 0.25) is 0 Å². The highest BCUT2D eigenvalue weighted by Gasteiger charge is 2.60. The van der Waals surface area contributed by atoms with Crippen LogP contribution in [-0.2, 0) is 10.0 Å². The van der Waals surface area contributed by atoms with Gasteiger partial charge >= 0.3 is 0 Å². The van der Waals surface area contributed by atoms with Gasteiger partial charge in [0.2, 0.25) is 10.0 Å². The maximum atomic E-state index is 12.7. The van der Waals surface area contributed by atoms with E-state index in [9.17, 15) is 8.42 Å². The van der Waals surface area contributed by atoms with Crippen molar-refractivity contribution in [3.05, 3.63) is 6.42 Å². The lowest BCUT2D eigenvalue weighted by atomic mass is 9.69. The summed E-state index contributed by atoms with van der Waals surface area (Å²) < 4.78 is 27.1. The van der Waals surface area contributed by atoms with Crippen molar-refractivity contribution in [1.29, 1.82) is 0 Å². The molecule has 2 aliphatic carbocycles. The molecular weight excluding hydrogens is 270 g/mol. The van der Waals surface area contributed by atoms with Gasteiger partial charge in [0.15, 0.2) is 0 Å². The van der Waals surface area contributed by atoms with Crippen molar-refractivity contribution in [2.45, 2.75) is 72.1 Å². The first-order chi connectivity index (χ1) is 9.04. The van der Waals surface area contributed by atoms with Crippen molar-refractivity contribution >= 4 is 10.0 Å². The maximum Gasteiger partial charge on any atom is 0.216 e. The minimum Gasteiger partial charge on any atom is -0.212 e. The summed E-state index contributed by atoms with van der Waals surface area (Å²) in [6.07, 6.45) is 5.96. The highest BCUT2D eigenvalue weighted by molar-refractivity contribution is 7.89. The minimum absolute atomic E-state index is 0.0284. The Hall–Kier alpha value is -0.0900. The molecule has 4 heteroatoms. The highest BCUT2D eigenvalue weighted by Crippen LogP contribution is 2.65. The van der Waals surface area contributed by atoms with Crippen LogP contribution in [0.5, 0.6) is 0 Å². The third-order valence-corrected chi connectivity index (χ3v) is 8.37. The first-order valence-electron chi connectivity index (χ1n) is 7.89. The Kier molecular flexibility index (Phi) is 4.05. The van der Waals surface area contributed by atoms with Crippen LogP contribution in [0, 0.1) is 23.2 Å². The van der Waals surface area contributed by atoms with E-state index in [0.29, 0.717) is 6.54 Å². The third-order valence-electron chi connectivity index (χ3n) is 5.97. The summed E-state index contributed by atoms with van der Waals surface area (Å²) in [5, 5.41) is -0.344. The van der Waals surface area contributed by atoms with Crippen LogP contribution < -0.4 is 0 Å². The van der Waals surface area contributed by atoms with Gasteiger partial charge in [-0.15, -0.1) is 0 Å². The molecule has 117 valence electrons. The van der Waals surface area contributed by atoms with E-state index in [4.69, 9.17) is 0 Å². The fraction of sp³-hybridized carbons (Fsp3) is 0.938. The summed E-state index contributed by atoms with van der Waals surface area (Å²) >= 11 is 0. The molecule has 0 spiro atoms. The van der Waals surface area contributed by atoms with Crippen LogP contribution in [0.1, 0.15) is 60.8 Å². The molecule has 0 saturated heterocycles. The van der Waals surface area contributed by atoms with Gasteiger partial charge in [0.1, 0.15) is 0 Å². The molecule has 0 aromatic heterocycles. The fourth-order valence-corrected chi connectivity index (χ4v) is 5.67. The van der Waals surface area contributed by atoms with Gasteiger partial charge in [0, 0.05) is 12.6 Å². The Morgan fingerprint density at radius 2 is 1.85 bits per heavy atom. The molecule has 0 amide bonds. The Morgan fingerprint density at radius 3 is 2.15 bits per heavy atom. The summed E-state index contributed by atoms with van der Waals surface area (Å²) in [6.45, 7) is 12.9. The predicted octanol–water partition coefficient (Wildman–Crippen LogP) is 3.47. The van der Waals surface area contributed by atoms with Crippen molar-refractivity contribution in [3.8, 4) is 0 Å². The van der Waals surface area contributed by atoms with Crippen LogP contribution >= 0.6 is 0 Å². The van der Waals surface area contributed by atoms with Crippen molar-refractivity contribution in [3.63, 3.8) is 0 Å². The van der Waals surface area contributed by atoms with E-state index in [-0.39, 0.29) is 22.1 Å². The van der Waals surface area contributed by atoms with Gasteiger partial charge in [-0.25, -0.2) is 8.42 Å². The summed E-state index contributed by atoms with van der Waals surface area (Å²) in [5.41, 5.74) is 0.302. The molecule has 1 radical (unpaired) electrons. The molecule has 2 fully saturated rings. The van der Waals surface area contributed by atoms with Gasteiger partial charge in [0.05, 0.1) is 5.25 Å². The molecular formula is C16H30NO2S. The molecule has 0 aromatic rings. The molecule has 20 heavy (non-hydrogen) atoms. The van der Waals surface area contributed by atoms with E-state index in [1.165, 1.54) is 6.42 Å². The van der Waals surface area contributed by atoms with Crippen LogP contribution in [-0.4, -0.2) is 30.6 Å². The number of hydrogen-bond donors (Lipinski definition) is 0. The normalized spacial score (nSPS) is 32.8. The minimum atomic E-state index is -3.19. The topological polar surface area (TPSA) is 37.4 Å². The molecule has 2 atom stereocenters. The van der Waals surface area contributed by atoms with Crippen LogP contribution in [0.3, 0.4) is 0 Å². The molecule has 0 aliphatic heterocycles. The largest absolute Gasteiger partial charge is 0.216 e.